The normalized spacial score (nSPS) is 11.7. The van der Waals surface area contributed by atoms with Crippen molar-refractivity contribution in [2.45, 2.75) is 0 Å². The maximum atomic E-state index is 5.83. The molecule has 0 saturated carbocycles. The largest absolute Gasteiger partial charge is 0.492 e. The van der Waals surface area contributed by atoms with Crippen molar-refractivity contribution >= 4 is 22.1 Å². The molecule has 0 aliphatic heterocycles. The third-order valence-corrected chi connectivity index (χ3v) is 7.17. The van der Waals surface area contributed by atoms with Crippen LogP contribution in [0.2, 0.25) is 0 Å². The molecule has 0 amide bonds. The number of benzene rings is 4. The fourth-order valence-electron chi connectivity index (χ4n) is 4.75. The molecule has 4 aromatic carbocycles. The number of nitrogens with zero attached hydrogens (tertiary/aromatic N) is 4. The van der Waals surface area contributed by atoms with E-state index in [4.69, 9.17) is 19.4 Å². The number of rotatable bonds is 11. The molecule has 0 unspecified atom stereocenters. The lowest BCUT2D eigenvalue weighted by Crippen LogP contribution is -2.19. The fraction of sp³-hybridized carbons (Fsp3) is 0.235. The van der Waals surface area contributed by atoms with Gasteiger partial charge in [-0.05, 0) is 112 Å². The van der Waals surface area contributed by atoms with Crippen molar-refractivity contribution in [3.05, 3.63) is 84.9 Å². The molecule has 0 bridgehead atoms. The van der Waals surface area contributed by atoms with E-state index in [-0.39, 0.29) is 0 Å². The van der Waals surface area contributed by atoms with E-state index < -0.39 is 0 Å². The molecule has 0 spiro atoms. The SMILES string of the molecule is CN(C)CCOc1ccc(-c2nc3cc(-c4ccc5[nH]c(-c6ccc(OCCN(C)C)cc6)nc5c4)ccc3[nH]2)cc1. The lowest BCUT2D eigenvalue weighted by Gasteiger charge is -2.11. The Morgan fingerprint density at radius 1 is 0.524 bits per heavy atom. The number of ether oxygens (including phenoxy) is 2. The van der Waals surface area contributed by atoms with E-state index in [1.54, 1.807) is 0 Å². The van der Waals surface area contributed by atoms with Gasteiger partial charge in [-0.1, -0.05) is 12.1 Å². The molecule has 0 aliphatic rings. The number of nitrogens with one attached hydrogen (secondary N) is 2. The van der Waals surface area contributed by atoms with Crippen LogP contribution in [0.15, 0.2) is 84.9 Å². The molecular weight excluding hydrogens is 524 g/mol. The van der Waals surface area contributed by atoms with Crippen LogP contribution >= 0.6 is 0 Å². The van der Waals surface area contributed by atoms with Crippen molar-refractivity contribution in [1.29, 1.82) is 0 Å². The molecule has 0 aliphatic carbocycles. The highest BCUT2D eigenvalue weighted by Crippen LogP contribution is 2.30. The summed E-state index contributed by atoms with van der Waals surface area (Å²) in [6.07, 6.45) is 0. The maximum Gasteiger partial charge on any atom is 0.138 e. The zero-order chi connectivity index (χ0) is 29.1. The first-order valence-electron chi connectivity index (χ1n) is 14.2. The molecule has 0 saturated heterocycles. The van der Waals surface area contributed by atoms with Crippen LogP contribution in [0.5, 0.6) is 11.5 Å². The molecule has 0 radical (unpaired) electrons. The minimum Gasteiger partial charge on any atom is -0.492 e. The number of hydrogen-bond donors (Lipinski definition) is 2. The molecule has 8 heteroatoms. The van der Waals surface area contributed by atoms with Crippen LogP contribution in [0.4, 0.5) is 0 Å². The smallest absolute Gasteiger partial charge is 0.138 e. The van der Waals surface area contributed by atoms with Crippen LogP contribution in [-0.4, -0.2) is 84.2 Å². The summed E-state index contributed by atoms with van der Waals surface area (Å²) in [7, 11) is 8.15. The number of fused-ring (bicyclic) bond motifs is 2. The van der Waals surface area contributed by atoms with E-state index in [0.29, 0.717) is 13.2 Å². The van der Waals surface area contributed by atoms with Crippen molar-refractivity contribution in [2.24, 2.45) is 0 Å². The van der Waals surface area contributed by atoms with Gasteiger partial charge in [0.15, 0.2) is 0 Å². The maximum absolute atomic E-state index is 5.83. The summed E-state index contributed by atoms with van der Waals surface area (Å²) < 4.78 is 11.7. The molecule has 2 N–H and O–H groups in total. The van der Waals surface area contributed by atoms with Crippen LogP contribution in [0.1, 0.15) is 0 Å². The Morgan fingerprint density at radius 3 is 1.29 bits per heavy atom. The number of aromatic amines is 2. The summed E-state index contributed by atoms with van der Waals surface area (Å²) in [5.74, 6) is 3.39. The lowest BCUT2D eigenvalue weighted by atomic mass is 10.0. The Bertz CT molecular complexity index is 1650. The zero-order valence-corrected chi connectivity index (χ0v) is 24.5. The Kier molecular flexibility index (Phi) is 7.90. The van der Waals surface area contributed by atoms with Gasteiger partial charge in [-0.2, -0.15) is 0 Å². The first-order chi connectivity index (χ1) is 20.4. The minimum absolute atomic E-state index is 0.658. The van der Waals surface area contributed by atoms with Crippen LogP contribution in [0.25, 0.3) is 56.0 Å². The number of likely N-dealkylation sites (N-methyl/N-ethyl adjacent to an activating group) is 2. The van der Waals surface area contributed by atoms with Gasteiger partial charge in [-0.3, -0.25) is 0 Å². The second-order valence-corrected chi connectivity index (χ2v) is 11.0. The molecule has 42 heavy (non-hydrogen) atoms. The number of hydrogen-bond acceptors (Lipinski definition) is 6. The summed E-state index contributed by atoms with van der Waals surface area (Å²) in [6.45, 7) is 3.07. The Hall–Kier alpha value is -4.66. The molecule has 0 atom stereocenters. The highest BCUT2D eigenvalue weighted by atomic mass is 16.5. The quantitative estimate of drug-likeness (QED) is 0.193. The Morgan fingerprint density at radius 2 is 0.905 bits per heavy atom. The summed E-state index contributed by atoms with van der Waals surface area (Å²) in [4.78, 5) is 20.9. The number of H-pyrrole nitrogens is 2. The molecule has 2 aromatic heterocycles. The Balaban J connectivity index is 1.18. The molecule has 0 fully saturated rings. The summed E-state index contributed by atoms with van der Waals surface area (Å²) in [6, 6.07) is 28.8. The third kappa shape index (κ3) is 6.30. The van der Waals surface area contributed by atoms with Gasteiger partial charge in [0.2, 0.25) is 0 Å². The van der Waals surface area contributed by atoms with E-state index in [1.807, 2.05) is 76.7 Å². The second kappa shape index (κ2) is 12.1. The summed E-state index contributed by atoms with van der Waals surface area (Å²) >= 11 is 0. The van der Waals surface area contributed by atoms with Crippen LogP contribution in [0, 0.1) is 0 Å². The van der Waals surface area contributed by atoms with Gasteiger partial charge in [0.1, 0.15) is 36.4 Å². The van der Waals surface area contributed by atoms with Gasteiger partial charge in [-0.15, -0.1) is 0 Å². The molecule has 8 nitrogen and oxygen atoms in total. The molecule has 214 valence electrons. The van der Waals surface area contributed by atoms with Crippen molar-refractivity contribution in [3.8, 4) is 45.4 Å². The predicted octanol–water partition coefficient (Wildman–Crippen LogP) is 6.32. The van der Waals surface area contributed by atoms with Crippen molar-refractivity contribution in [3.63, 3.8) is 0 Å². The molecule has 2 heterocycles. The molecular formula is C34H36N6O2. The second-order valence-electron chi connectivity index (χ2n) is 11.0. The van der Waals surface area contributed by atoms with Gasteiger partial charge in [0.05, 0.1) is 22.1 Å². The van der Waals surface area contributed by atoms with Gasteiger partial charge < -0.3 is 29.2 Å². The first-order valence-corrected chi connectivity index (χ1v) is 14.2. The standard InChI is InChI=1S/C34H36N6O2/c1-39(2)17-19-41-27-11-5-23(6-12-27)33-35-29-15-9-25(21-31(29)37-33)26-10-16-30-32(22-26)38-34(36-30)24-7-13-28(14-8-24)42-20-18-40(3)4/h5-16,21-22H,17-20H2,1-4H3,(H,35,37)(H,36,38). The summed E-state index contributed by atoms with van der Waals surface area (Å²) in [5.41, 5.74) is 8.06. The highest BCUT2D eigenvalue weighted by Gasteiger charge is 2.11. The zero-order valence-electron chi connectivity index (χ0n) is 24.5. The van der Waals surface area contributed by atoms with Crippen molar-refractivity contribution in [2.75, 3.05) is 54.5 Å². The third-order valence-electron chi connectivity index (χ3n) is 7.17. The van der Waals surface area contributed by atoms with Gasteiger partial charge in [-0.25, -0.2) is 9.97 Å². The topological polar surface area (TPSA) is 82.3 Å². The van der Waals surface area contributed by atoms with E-state index >= 15 is 0 Å². The van der Waals surface area contributed by atoms with Gasteiger partial charge >= 0.3 is 0 Å². The number of aromatic nitrogens is 4. The molecule has 6 aromatic rings. The number of imidazole rings is 2. The predicted molar refractivity (Wildman–Crippen MR) is 170 cm³/mol. The average molecular weight is 561 g/mol. The van der Waals surface area contributed by atoms with E-state index in [9.17, 15) is 0 Å². The van der Waals surface area contributed by atoms with Crippen LogP contribution < -0.4 is 9.47 Å². The van der Waals surface area contributed by atoms with E-state index in [2.05, 4.69) is 56.2 Å². The highest BCUT2D eigenvalue weighted by molar-refractivity contribution is 5.88. The monoisotopic (exact) mass is 560 g/mol. The van der Waals surface area contributed by atoms with Gasteiger partial charge in [0, 0.05) is 24.2 Å². The first kappa shape index (κ1) is 27.5. The average Bonchev–Trinajstić information content (AvgIpc) is 3.61. The van der Waals surface area contributed by atoms with Crippen molar-refractivity contribution < 1.29 is 9.47 Å². The summed E-state index contributed by atoms with van der Waals surface area (Å²) in [5, 5.41) is 0. The fourth-order valence-corrected chi connectivity index (χ4v) is 4.75. The van der Waals surface area contributed by atoms with Crippen molar-refractivity contribution in [1.82, 2.24) is 29.7 Å². The van der Waals surface area contributed by atoms with E-state index in [1.165, 1.54) is 0 Å². The minimum atomic E-state index is 0.658. The lowest BCUT2D eigenvalue weighted by molar-refractivity contribution is 0.261. The van der Waals surface area contributed by atoms with Crippen LogP contribution in [-0.2, 0) is 0 Å². The van der Waals surface area contributed by atoms with Crippen LogP contribution in [0.3, 0.4) is 0 Å². The molecule has 6 rings (SSSR count). The van der Waals surface area contributed by atoms with Gasteiger partial charge in [0.25, 0.3) is 0 Å². The van der Waals surface area contributed by atoms with E-state index in [0.717, 1.165) is 80.6 Å². The Labute approximate surface area is 245 Å².